The van der Waals surface area contributed by atoms with Crippen LogP contribution in [0.1, 0.15) is 63.5 Å². The second-order valence-electron chi connectivity index (χ2n) is 5.42. The summed E-state index contributed by atoms with van der Waals surface area (Å²) in [5, 5.41) is 3.63. The van der Waals surface area contributed by atoms with Crippen LogP contribution in [0, 0.1) is 5.92 Å². The van der Waals surface area contributed by atoms with E-state index in [2.05, 4.69) is 18.3 Å². The molecule has 19 heavy (non-hydrogen) atoms. The van der Waals surface area contributed by atoms with Crippen molar-refractivity contribution in [1.82, 2.24) is 5.32 Å². The Morgan fingerprint density at radius 2 is 1.84 bits per heavy atom. The molecule has 1 aliphatic carbocycles. The summed E-state index contributed by atoms with van der Waals surface area (Å²) >= 11 is 14.0. The summed E-state index contributed by atoms with van der Waals surface area (Å²) in [4.78, 5) is 0. The molecule has 1 N–H and O–H groups in total. The summed E-state index contributed by atoms with van der Waals surface area (Å²) in [6, 6.07) is 2.43. The van der Waals surface area contributed by atoms with Crippen LogP contribution in [0.3, 0.4) is 0 Å². The van der Waals surface area contributed by atoms with Crippen LogP contribution in [0.25, 0.3) is 0 Å². The molecule has 0 saturated heterocycles. The molecule has 2 rings (SSSR count). The molecule has 1 aromatic rings. The van der Waals surface area contributed by atoms with Gasteiger partial charge in [0.2, 0.25) is 0 Å². The van der Waals surface area contributed by atoms with Crippen molar-refractivity contribution in [3.63, 3.8) is 0 Å². The fourth-order valence-corrected chi connectivity index (χ4v) is 4.69. The minimum atomic E-state index is 0.374. The largest absolute Gasteiger partial charge is 0.310 e. The molecule has 1 fully saturated rings. The Morgan fingerprint density at radius 3 is 2.37 bits per heavy atom. The van der Waals surface area contributed by atoms with Gasteiger partial charge in [0, 0.05) is 11.6 Å². The van der Waals surface area contributed by atoms with Gasteiger partial charge < -0.3 is 5.32 Å². The molecule has 108 valence electrons. The Bertz CT molecular complexity index is 383. The Morgan fingerprint density at radius 1 is 1.21 bits per heavy atom. The van der Waals surface area contributed by atoms with Crippen molar-refractivity contribution in [2.45, 2.75) is 57.9 Å². The molecule has 1 saturated carbocycles. The molecule has 1 aliphatic rings. The van der Waals surface area contributed by atoms with Gasteiger partial charge in [-0.15, -0.1) is 11.3 Å². The van der Waals surface area contributed by atoms with Crippen molar-refractivity contribution in [2.75, 3.05) is 6.54 Å². The Balaban J connectivity index is 2.15. The zero-order valence-electron chi connectivity index (χ0n) is 11.6. The first-order valence-corrected chi connectivity index (χ1v) is 8.97. The van der Waals surface area contributed by atoms with E-state index in [9.17, 15) is 0 Å². The van der Waals surface area contributed by atoms with Crippen LogP contribution in [0.4, 0.5) is 0 Å². The molecule has 1 heterocycles. The number of halogens is 2. The van der Waals surface area contributed by atoms with Crippen molar-refractivity contribution >= 4 is 34.5 Å². The molecule has 0 radical (unpaired) electrons. The van der Waals surface area contributed by atoms with Gasteiger partial charge in [-0.05, 0) is 31.4 Å². The lowest BCUT2D eigenvalue weighted by Crippen LogP contribution is -2.28. The quantitative estimate of drug-likeness (QED) is 0.710. The van der Waals surface area contributed by atoms with Crippen molar-refractivity contribution in [3.05, 3.63) is 20.3 Å². The highest BCUT2D eigenvalue weighted by Gasteiger charge is 2.26. The molecule has 0 spiro atoms. The number of rotatable bonds is 4. The standard InChI is InChI=1S/C15H23Cl2NS/c1-2-18-14(12-10-13(16)19-15(12)17)11-8-6-4-3-5-7-9-11/h10-11,14,18H,2-9H2,1H3. The van der Waals surface area contributed by atoms with Crippen LogP contribution in [-0.2, 0) is 0 Å². The van der Waals surface area contributed by atoms with Gasteiger partial charge in [0.05, 0.1) is 8.67 Å². The highest BCUT2D eigenvalue weighted by Crippen LogP contribution is 2.40. The summed E-state index contributed by atoms with van der Waals surface area (Å²) in [7, 11) is 0. The third-order valence-corrected chi connectivity index (χ3v) is 5.58. The number of hydrogen-bond acceptors (Lipinski definition) is 2. The van der Waals surface area contributed by atoms with Gasteiger partial charge in [0.15, 0.2) is 0 Å². The maximum atomic E-state index is 6.36. The molecule has 0 aliphatic heterocycles. The molecule has 0 amide bonds. The smallest absolute Gasteiger partial charge is 0.0992 e. The van der Waals surface area contributed by atoms with Crippen molar-refractivity contribution < 1.29 is 0 Å². The predicted octanol–water partition coefficient (Wildman–Crippen LogP) is 6.07. The van der Waals surface area contributed by atoms with Gasteiger partial charge in [-0.25, -0.2) is 0 Å². The van der Waals surface area contributed by atoms with Gasteiger partial charge >= 0.3 is 0 Å². The molecule has 1 unspecified atom stereocenters. The zero-order valence-corrected chi connectivity index (χ0v) is 13.9. The van der Waals surface area contributed by atoms with Gasteiger partial charge in [-0.3, -0.25) is 0 Å². The minimum Gasteiger partial charge on any atom is -0.310 e. The monoisotopic (exact) mass is 319 g/mol. The second kappa shape index (κ2) is 7.87. The van der Waals surface area contributed by atoms with Crippen LogP contribution >= 0.6 is 34.5 Å². The van der Waals surface area contributed by atoms with Crippen LogP contribution in [-0.4, -0.2) is 6.54 Å². The molecular formula is C15H23Cl2NS. The van der Waals surface area contributed by atoms with E-state index in [0.717, 1.165) is 15.2 Å². The maximum Gasteiger partial charge on any atom is 0.0992 e. The number of hydrogen-bond donors (Lipinski definition) is 1. The highest BCUT2D eigenvalue weighted by molar-refractivity contribution is 7.20. The van der Waals surface area contributed by atoms with Gasteiger partial charge in [0.25, 0.3) is 0 Å². The average Bonchev–Trinajstić information content (AvgIpc) is 2.66. The summed E-state index contributed by atoms with van der Waals surface area (Å²) in [6.07, 6.45) is 9.48. The SMILES string of the molecule is CCNC(c1cc(Cl)sc1Cl)C1CCCCCCC1. The summed E-state index contributed by atoms with van der Waals surface area (Å²) < 4.78 is 1.66. The van der Waals surface area contributed by atoms with Crippen LogP contribution in [0.2, 0.25) is 8.67 Å². The third kappa shape index (κ3) is 4.35. The lowest BCUT2D eigenvalue weighted by molar-refractivity contribution is 0.292. The Kier molecular flexibility index (Phi) is 6.48. The minimum absolute atomic E-state index is 0.374. The van der Waals surface area contributed by atoms with Gasteiger partial charge in [0.1, 0.15) is 0 Å². The van der Waals surface area contributed by atoms with Crippen molar-refractivity contribution in [1.29, 1.82) is 0 Å². The lowest BCUT2D eigenvalue weighted by atomic mass is 9.83. The number of thiophene rings is 1. The molecule has 1 atom stereocenters. The zero-order chi connectivity index (χ0) is 13.7. The summed E-state index contributed by atoms with van der Waals surface area (Å²) in [5.41, 5.74) is 1.21. The highest BCUT2D eigenvalue weighted by atomic mass is 35.5. The van der Waals surface area contributed by atoms with E-state index >= 15 is 0 Å². The molecule has 4 heteroatoms. The normalized spacial score (nSPS) is 19.9. The van der Waals surface area contributed by atoms with E-state index in [4.69, 9.17) is 23.2 Å². The van der Waals surface area contributed by atoms with Gasteiger partial charge in [-0.2, -0.15) is 0 Å². The summed E-state index contributed by atoms with van der Waals surface area (Å²) in [6.45, 7) is 3.14. The third-order valence-electron chi connectivity index (χ3n) is 4.06. The van der Waals surface area contributed by atoms with Crippen LogP contribution in [0.5, 0.6) is 0 Å². The van der Waals surface area contributed by atoms with Crippen LogP contribution in [0.15, 0.2) is 6.07 Å². The molecule has 0 bridgehead atoms. The first-order valence-electron chi connectivity index (χ1n) is 7.40. The van der Waals surface area contributed by atoms with E-state index in [1.165, 1.54) is 61.8 Å². The first kappa shape index (κ1) is 15.6. The number of nitrogens with one attached hydrogen (secondary N) is 1. The van der Waals surface area contributed by atoms with Gasteiger partial charge in [-0.1, -0.05) is 62.2 Å². The average molecular weight is 320 g/mol. The first-order chi connectivity index (χ1) is 9.22. The Hall–Kier alpha value is 0.240. The molecule has 1 nitrogen and oxygen atoms in total. The second-order valence-corrected chi connectivity index (χ2v) is 7.71. The van der Waals surface area contributed by atoms with E-state index in [-0.39, 0.29) is 0 Å². The molecule has 1 aromatic heterocycles. The van der Waals surface area contributed by atoms with Crippen molar-refractivity contribution in [3.8, 4) is 0 Å². The van der Waals surface area contributed by atoms with Crippen molar-refractivity contribution in [2.24, 2.45) is 5.92 Å². The molecular weight excluding hydrogens is 297 g/mol. The lowest BCUT2D eigenvalue weighted by Gasteiger charge is -2.29. The van der Waals surface area contributed by atoms with E-state index in [1.54, 1.807) is 0 Å². The van der Waals surface area contributed by atoms with Crippen LogP contribution < -0.4 is 5.32 Å². The fraction of sp³-hybridized carbons (Fsp3) is 0.733. The van der Waals surface area contributed by atoms with E-state index < -0.39 is 0 Å². The predicted molar refractivity (Wildman–Crippen MR) is 86.6 cm³/mol. The topological polar surface area (TPSA) is 12.0 Å². The van der Waals surface area contributed by atoms with E-state index in [0.29, 0.717) is 12.0 Å². The summed E-state index contributed by atoms with van der Waals surface area (Å²) in [5.74, 6) is 0.698. The fourth-order valence-electron chi connectivity index (χ4n) is 3.14. The maximum absolute atomic E-state index is 6.36. The molecule has 0 aromatic carbocycles. The van der Waals surface area contributed by atoms with E-state index in [1.807, 2.05) is 0 Å². The Labute approximate surface area is 130 Å².